The lowest BCUT2D eigenvalue weighted by molar-refractivity contribution is -0.151. The van der Waals surface area contributed by atoms with Gasteiger partial charge in [0, 0.05) is 26.6 Å². The molecule has 90 valence electrons. The standard InChI is InChI=1S/C9H15N3O4/c1-6(13)11-5-8(14)12-3-2-10-4-7(12)9(15)16/h7,10H,2-5H2,1H3,(H,11,13)(H,15,16). The maximum Gasteiger partial charge on any atom is 0.327 e. The van der Waals surface area contributed by atoms with Gasteiger partial charge in [0.25, 0.3) is 0 Å². The molecule has 1 aliphatic rings. The van der Waals surface area contributed by atoms with Gasteiger partial charge < -0.3 is 20.6 Å². The number of carbonyl (C=O) groups excluding carboxylic acids is 2. The number of hydrogen-bond donors (Lipinski definition) is 3. The van der Waals surface area contributed by atoms with Gasteiger partial charge in [-0.1, -0.05) is 0 Å². The summed E-state index contributed by atoms with van der Waals surface area (Å²) < 4.78 is 0. The topological polar surface area (TPSA) is 98.7 Å². The van der Waals surface area contributed by atoms with Gasteiger partial charge in [0.05, 0.1) is 6.54 Å². The first-order chi connectivity index (χ1) is 7.52. The molecule has 7 nitrogen and oxygen atoms in total. The van der Waals surface area contributed by atoms with Crippen molar-refractivity contribution in [3.05, 3.63) is 0 Å². The number of nitrogens with one attached hydrogen (secondary N) is 2. The minimum atomic E-state index is -1.04. The van der Waals surface area contributed by atoms with E-state index in [4.69, 9.17) is 5.11 Å². The van der Waals surface area contributed by atoms with Crippen LogP contribution in [0.15, 0.2) is 0 Å². The summed E-state index contributed by atoms with van der Waals surface area (Å²) in [5.74, 6) is -1.72. The second kappa shape index (κ2) is 5.45. The maximum absolute atomic E-state index is 11.6. The van der Waals surface area contributed by atoms with E-state index in [9.17, 15) is 14.4 Å². The molecule has 0 spiro atoms. The molecule has 1 rings (SSSR count). The van der Waals surface area contributed by atoms with E-state index >= 15 is 0 Å². The van der Waals surface area contributed by atoms with Crippen LogP contribution in [0.1, 0.15) is 6.92 Å². The van der Waals surface area contributed by atoms with Gasteiger partial charge in [-0.2, -0.15) is 0 Å². The molecule has 0 radical (unpaired) electrons. The minimum Gasteiger partial charge on any atom is -0.480 e. The first kappa shape index (κ1) is 12.4. The number of carboxylic acid groups (broad SMARTS) is 1. The van der Waals surface area contributed by atoms with Crippen LogP contribution in [0.2, 0.25) is 0 Å². The van der Waals surface area contributed by atoms with Crippen molar-refractivity contribution in [3.63, 3.8) is 0 Å². The predicted octanol–water partition coefficient (Wildman–Crippen LogP) is -1.99. The van der Waals surface area contributed by atoms with Gasteiger partial charge in [0.15, 0.2) is 0 Å². The van der Waals surface area contributed by atoms with Crippen molar-refractivity contribution in [1.29, 1.82) is 0 Å². The van der Waals surface area contributed by atoms with E-state index in [1.165, 1.54) is 11.8 Å². The Balaban J connectivity index is 2.57. The molecular weight excluding hydrogens is 214 g/mol. The fraction of sp³-hybridized carbons (Fsp3) is 0.667. The molecule has 1 atom stereocenters. The van der Waals surface area contributed by atoms with E-state index in [1.54, 1.807) is 0 Å². The number of amides is 2. The third-order valence-electron chi connectivity index (χ3n) is 2.34. The highest BCUT2D eigenvalue weighted by Crippen LogP contribution is 2.03. The average molecular weight is 229 g/mol. The highest BCUT2D eigenvalue weighted by Gasteiger charge is 2.31. The van der Waals surface area contributed by atoms with Gasteiger partial charge in [-0.25, -0.2) is 4.79 Å². The molecule has 7 heteroatoms. The molecule has 0 aromatic rings. The van der Waals surface area contributed by atoms with Gasteiger partial charge in [-0.3, -0.25) is 9.59 Å². The second-order valence-corrected chi connectivity index (χ2v) is 3.56. The Kier molecular flexibility index (Phi) is 4.24. The largest absolute Gasteiger partial charge is 0.480 e. The van der Waals surface area contributed by atoms with Gasteiger partial charge in [0.1, 0.15) is 6.04 Å². The molecule has 3 N–H and O–H groups in total. The number of rotatable bonds is 3. The Labute approximate surface area is 92.8 Å². The Bertz CT molecular complexity index is 305. The summed E-state index contributed by atoms with van der Waals surface area (Å²) in [6.07, 6.45) is 0. The van der Waals surface area contributed by atoms with Crippen molar-refractivity contribution in [2.24, 2.45) is 0 Å². The highest BCUT2D eigenvalue weighted by atomic mass is 16.4. The van der Waals surface area contributed by atoms with E-state index in [0.29, 0.717) is 13.1 Å². The van der Waals surface area contributed by atoms with Crippen molar-refractivity contribution in [1.82, 2.24) is 15.5 Å². The van der Waals surface area contributed by atoms with Crippen molar-refractivity contribution >= 4 is 17.8 Å². The summed E-state index contributed by atoms with van der Waals surface area (Å²) in [6, 6.07) is -0.852. The third-order valence-corrected chi connectivity index (χ3v) is 2.34. The van der Waals surface area contributed by atoms with Gasteiger partial charge >= 0.3 is 5.97 Å². The fourth-order valence-electron chi connectivity index (χ4n) is 1.53. The zero-order chi connectivity index (χ0) is 12.1. The maximum atomic E-state index is 11.6. The van der Waals surface area contributed by atoms with E-state index in [-0.39, 0.29) is 24.9 Å². The van der Waals surface area contributed by atoms with E-state index in [1.807, 2.05) is 0 Å². The molecule has 1 aliphatic heterocycles. The average Bonchev–Trinajstić information content (AvgIpc) is 2.25. The smallest absolute Gasteiger partial charge is 0.327 e. The van der Waals surface area contributed by atoms with Crippen LogP contribution in [0.3, 0.4) is 0 Å². The Morgan fingerprint density at radius 3 is 2.75 bits per heavy atom. The molecule has 1 heterocycles. The van der Waals surface area contributed by atoms with Gasteiger partial charge in [0.2, 0.25) is 11.8 Å². The Hall–Kier alpha value is -1.63. The second-order valence-electron chi connectivity index (χ2n) is 3.56. The van der Waals surface area contributed by atoms with E-state index in [2.05, 4.69) is 10.6 Å². The summed E-state index contributed by atoms with van der Waals surface area (Å²) in [6.45, 7) is 2.30. The SMILES string of the molecule is CC(=O)NCC(=O)N1CCNCC1C(=O)O. The molecule has 0 saturated carbocycles. The Morgan fingerprint density at radius 2 is 2.19 bits per heavy atom. The molecule has 0 aliphatic carbocycles. The number of piperazine rings is 1. The van der Waals surface area contributed by atoms with Gasteiger partial charge in [-0.15, -0.1) is 0 Å². The van der Waals surface area contributed by atoms with E-state index < -0.39 is 12.0 Å². The lowest BCUT2D eigenvalue weighted by Crippen LogP contribution is -2.58. The minimum absolute atomic E-state index is 0.154. The molecule has 1 fully saturated rings. The van der Waals surface area contributed by atoms with Crippen LogP contribution < -0.4 is 10.6 Å². The zero-order valence-corrected chi connectivity index (χ0v) is 9.02. The first-order valence-electron chi connectivity index (χ1n) is 5.00. The predicted molar refractivity (Wildman–Crippen MR) is 54.7 cm³/mol. The summed E-state index contributed by atoms with van der Waals surface area (Å²) in [5.41, 5.74) is 0. The van der Waals surface area contributed by atoms with E-state index in [0.717, 1.165) is 0 Å². The summed E-state index contributed by atoms with van der Waals surface area (Å²) in [4.78, 5) is 34.4. The molecular formula is C9H15N3O4. The number of carbonyl (C=O) groups is 3. The summed E-state index contributed by atoms with van der Waals surface area (Å²) in [7, 11) is 0. The molecule has 0 bridgehead atoms. The summed E-state index contributed by atoms with van der Waals surface area (Å²) in [5, 5.41) is 14.2. The van der Waals surface area contributed by atoms with Crippen LogP contribution in [-0.4, -0.2) is 60.0 Å². The van der Waals surface area contributed by atoms with Crippen molar-refractivity contribution in [2.45, 2.75) is 13.0 Å². The monoisotopic (exact) mass is 229 g/mol. The zero-order valence-electron chi connectivity index (χ0n) is 9.02. The van der Waals surface area contributed by atoms with Crippen LogP contribution >= 0.6 is 0 Å². The van der Waals surface area contributed by atoms with Crippen LogP contribution in [0.5, 0.6) is 0 Å². The summed E-state index contributed by atoms with van der Waals surface area (Å²) >= 11 is 0. The highest BCUT2D eigenvalue weighted by molar-refractivity contribution is 5.87. The number of nitrogens with zero attached hydrogens (tertiary/aromatic N) is 1. The molecule has 0 aromatic carbocycles. The van der Waals surface area contributed by atoms with Crippen LogP contribution in [0, 0.1) is 0 Å². The van der Waals surface area contributed by atoms with Crippen LogP contribution in [-0.2, 0) is 14.4 Å². The lowest BCUT2D eigenvalue weighted by Gasteiger charge is -2.33. The molecule has 1 saturated heterocycles. The molecule has 0 aromatic heterocycles. The molecule has 16 heavy (non-hydrogen) atoms. The number of hydrogen-bond acceptors (Lipinski definition) is 4. The van der Waals surface area contributed by atoms with Crippen molar-refractivity contribution in [2.75, 3.05) is 26.2 Å². The van der Waals surface area contributed by atoms with Crippen LogP contribution in [0.4, 0.5) is 0 Å². The normalized spacial score (nSPS) is 20.3. The van der Waals surface area contributed by atoms with Crippen molar-refractivity contribution < 1.29 is 19.5 Å². The lowest BCUT2D eigenvalue weighted by atomic mass is 10.2. The molecule has 2 amide bonds. The van der Waals surface area contributed by atoms with Crippen LogP contribution in [0.25, 0.3) is 0 Å². The molecule has 1 unspecified atom stereocenters. The fourth-order valence-corrected chi connectivity index (χ4v) is 1.53. The Morgan fingerprint density at radius 1 is 1.50 bits per heavy atom. The number of carboxylic acids is 1. The van der Waals surface area contributed by atoms with Gasteiger partial charge in [-0.05, 0) is 0 Å². The first-order valence-corrected chi connectivity index (χ1v) is 5.00. The third kappa shape index (κ3) is 3.20. The van der Waals surface area contributed by atoms with Crippen molar-refractivity contribution in [3.8, 4) is 0 Å². The number of aliphatic carboxylic acids is 1. The quantitative estimate of drug-likeness (QED) is 0.520.